The van der Waals surface area contributed by atoms with Crippen LogP contribution in [-0.2, 0) is 20.9 Å². The Hall–Kier alpha value is -2.24. The number of anilines is 1. The zero-order chi connectivity index (χ0) is 17.8. The molecule has 0 bridgehead atoms. The molecule has 1 aliphatic rings. The van der Waals surface area contributed by atoms with Crippen LogP contribution in [0, 0.1) is 0 Å². The van der Waals surface area contributed by atoms with E-state index in [-0.39, 0.29) is 32.1 Å². The molecular weight excluding hydrogens is 365 g/mol. The smallest absolute Gasteiger partial charge is 0.307 e. The van der Waals surface area contributed by atoms with E-state index in [1.165, 1.54) is 4.90 Å². The van der Waals surface area contributed by atoms with Crippen LogP contribution in [0.5, 0.6) is 5.75 Å². The third-order valence-corrected chi connectivity index (χ3v) is 4.50. The van der Waals surface area contributed by atoms with Crippen LogP contribution < -0.4 is 9.64 Å². The molecule has 2 aromatic rings. The largest absolute Gasteiger partial charge is 0.482 e. The summed E-state index contributed by atoms with van der Waals surface area (Å²) >= 11 is 12.1. The second kappa shape index (κ2) is 7.76. The lowest BCUT2D eigenvalue weighted by Crippen LogP contribution is -2.40. The molecule has 0 unspecified atom stereocenters. The summed E-state index contributed by atoms with van der Waals surface area (Å²) in [7, 11) is 0. The van der Waals surface area contributed by atoms with Crippen molar-refractivity contribution >= 4 is 40.8 Å². The van der Waals surface area contributed by atoms with Gasteiger partial charge in [0.25, 0.3) is 5.91 Å². The second-order valence-corrected chi connectivity index (χ2v) is 6.23. The minimum Gasteiger partial charge on any atom is -0.482 e. The Bertz CT molecular complexity index is 789. The molecule has 0 saturated heterocycles. The summed E-state index contributed by atoms with van der Waals surface area (Å²) in [4.78, 5) is 25.6. The van der Waals surface area contributed by atoms with Gasteiger partial charge in [-0.2, -0.15) is 0 Å². The molecule has 0 spiro atoms. The van der Waals surface area contributed by atoms with E-state index in [2.05, 4.69) is 0 Å². The number of carbonyl (C=O) groups excluding carboxylic acids is 2. The first-order valence-electron chi connectivity index (χ1n) is 7.67. The molecule has 1 aliphatic heterocycles. The average Bonchev–Trinajstić information content (AvgIpc) is 2.60. The number of carbonyl (C=O) groups is 2. The number of nitrogens with zero attached hydrogens (tertiary/aromatic N) is 1. The Morgan fingerprint density at radius 3 is 2.60 bits per heavy atom. The number of para-hydroxylation sites is 2. The second-order valence-electron chi connectivity index (χ2n) is 5.41. The standard InChI is InChI=1S/C18H15Cl2NO4/c19-13-4-3-5-14(20)12(13)10-25-18(23)8-9-21-15-6-1-2-7-16(15)24-11-17(21)22/h1-7H,8-11H2. The number of rotatable bonds is 5. The highest BCUT2D eigenvalue weighted by atomic mass is 35.5. The molecule has 2 aromatic carbocycles. The van der Waals surface area contributed by atoms with Crippen LogP contribution in [0.2, 0.25) is 10.0 Å². The van der Waals surface area contributed by atoms with E-state index < -0.39 is 5.97 Å². The number of fused-ring (bicyclic) bond motifs is 1. The zero-order valence-electron chi connectivity index (χ0n) is 13.2. The molecule has 0 fully saturated rings. The van der Waals surface area contributed by atoms with Crippen LogP contribution in [0.4, 0.5) is 5.69 Å². The summed E-state index contributed by atoms with van der Waals surface area (Å²) in [5.41, 5.74) is 1.22. The maximum Gasteiger partial charge on any atom is 0.307 e. The monoisotopic (exact) mass is 379 g/mol. The van der Waals surface area contributed by atoms with Crippen LogP contribution in [0.15, 0.2) is 42.5 Å². The van der Waals surface area contributed by atoms with E-state index in [4.69, 9.17) is 32.7 Å². The van der Waals surface area contributed by atoms with Crippen molar-refractivity contribution in [2.24, 2.45) is 0 Å². The number of esters is 1. The van der Waals surface area contributed by atoms with Crippen molar-refractivity contribution in [2.45, 2.75) is 13.0 Å². The van der Waals surface area contributed by atoms with E-state index in [1.807, 2.05) is 12.1 Å². The topological polar surface area (TPSA) is 55.8 Å². The van der Waals surface area contributed by atoms with Crippen molar-refractivity contribution in [3.8, 4) is 5.75 Å². The van der Waals surface area contributed by atoms with Gasteiger partial charge in [0, 0.05) is 22.2 Å². The Labute approximate surface area is 155 Å². The van der Waals surface area contributed by atoms with E-state index in [1.54, 1.807) is 30.3 Å². The van der Waals surface area contributed by atoms with Gasteiger partial charge in [-0.3, -0.25) is 9.59 Å². The predicted octanol–water partition coefficient (Wildman–Crippen LogP) is 3.85. The molecule has 3 rings (SSSR count). The first-order valence-corrected chi connectivity index (χ1v) is 8.42. The minimum absolute atomic E-state index is 0.00894. The lowest BCUT2D eigenvalue weighted by atomic mass is 10.2. The summed E-state index contributed by atoms with van der Waals surface area (Å²) < 4.78 is 10.6. The van der Waals surface area contributed by atoms with Crippen LogP contribution >= 0.6 is 23.2 Å². The first-order chi connectivity index (χ1) is 12.1. The summed E-state index contributed by atoms with van der Waals surface area (Å²) in [6.07, 6.45) is 0.0577. The molecule has 0 saturated carbocycles. The molecule has 5 nitrogen and oxygen atoms in total. The molecule has 0 radical (unpaired) electrons. The SMILES string of the molecule is O=C(CCN1C(=O)COc2ccccc21)OCc1c(Cl)cccc1Cl. The van der Waals surface area contributed by atoms with Gasteiger partial charge in [-0.25, -0.2) is 0 Å². The highest BCUT2D eigenvalue weighted by Gasteiger charge is 2.25. The Kier molecular flexibility index (Phi) is 5.46. The molecule has 0 aromatic heterocycles. The quantitative estimate of drug-likeness (QED) is 0.740. The first kappa shape index (κ1) is 17.6. The highest BCUT2D eigenvalue weighted by molar-refractivity contribution is 6.35. The zero-order valence-corrected chi connectivity index (χ0v) is 14.7. The van der Waals surface area contributed by atoms with Crippen LogP contribution in [0.25, 0.3) is 0 Å². The predicted molar refractivity (Wildman–Crippen MR) is 95.2 cm³/mol. The molecule has 7 heteroatoms. The van der Waals surface area contributed by atoms with Crippen molar-refractivity contribution in [1.29, 1.82) is 0 Å². The minimum atomic E-state index is -0.437. The van der Waals surface area contributed by atoms with E-state index in [9.17, 15) is 9.59 Å². The Morgan fingerprint density at radius 2 is 1.84 bits per heavy atom. The summed E-state index contributed by atoms with van der Waals surface area (Å²) in [6, 6.07) is 12.3. The third kappa shape index (κ3) is 4.06. The molecule has 1 amide bonds. The Balaban J connectivity index is 1.59. The van der Waals surface area contributed by atoms with Crippen molar-refractivity contribution < 1.29 is 19.1 Å². The van der Waals surface area contributed by atoms with Crippen molar-refractivity contribution in [2.75, 3.05) is 18.1 Å². The fourth-order valence-corrected chi connectivity index (χ4v) is 3.00. The number of benzene rings is 2. The van der Waals surface area contributed by atoms with Gasteiger partial charge in [0.05, 0.1) is 12.1 Å². The summed E-state index contributed by atoms with van der Waals surface area (Å²) in [5.74, 6) is -0.00766. The van der Waals surface area contributed by atoms with Crippen LogP contribution in [0.1, 0.15) is 12.0 Å². The fourth-order valence-electron chi connectivity index (χ4n) is 2.50. The van der Waals surface area contributed by atoms with Gasteiger partial charge in [0.15, 0.2) is 6.61 Å². The van der Waals surface area contributed by atoms with Gasteiger partial charge in [0.2, 0.25) is 0 Å². The van der Waals surface area contributed by atoms with Crippen molar-refractivity contribution in [3.05, 3.63) is 58.1 Å². The highest BCUT2D eigenvalue weighted by Crippen LogP contribution is 2.31. The van der Waals surface area contributed by atoms with Gasteiger partial charge in [-0.05, 0) is 24.3 Å². The number of amides is 1. The third-order valence-electron chi connectivity index (χ3n) is 3.79. The lowest BCUT2D eigenvalue weighted by molar-refractivity contribution is -0.144. The van der Waals surface area contributed by atoms with Gasteiger partial charge >= 0.3 is 5.97 Å². The molecular formula is C18H15Cl2NO4. The van der Waals surface area contributed by atoms with Gasteiger partial charge in [-0.1, -0.05) is 41.4 Å². The maximum absolute atomic E-state index is 12.1. The Morgan fingerprint density at radius 1 is 1.12 bits per heavy atom. The fraction of sp³-hybridized carbons (Fsp3) is 0.222. The molecule has 130 valence electrons. The van der Waals surface area contributed by atoms with Crippen molar-refractivity contribution in [1.82, 2.24) is 0 Å². The molecule has 0 aliphatic carbocycles. The van der Waals surface area contributed by atoms with Crippen LogP contribution in [0.3, 0.4) is 0 Å². The van der Waals surface area contributed by atoms with E-state index >= 15 is 0 Å². The number of hydrogen-bond acceptors (Lipinski definition) is 4. The average molecular weight is 380 g/mol. The van der Waals surface area contributed by atoms with Crippen molar-refractivity contribution in [3.63, 3.8) is 0 Å². The normalized spacial score (nSPS) is 13.2. The van der Waals surface area contributed by atoms with E-state index in [0.717, 1.165) is 0 Å². The van der Waals surface area contributed by atoms with Gasteiger partial charge < -0.3 is 14.4 Å². The maximum atomic E-state index is 12.1. The summed E-state index contributed by atoms with van der Waals surface area (Å²) in [6.45, 7) is 0.167. The molecule has 0 atom stereocenters. The summed E-state index contributed by atoms with van der Waals surface area (Å²) in [5, 5.41) is 0.884. The number of halogens is 2. The molecule has 0 N–H and O–H groups in total. The van der Waals surface area contributed by atoms with Crippen LogP contribution in [-0.4, -0.2) is 25.0 Å². The number of ether oxygens (including phenoxy) is 2. The molecule has 1 heterocycles. The molecule has 25 heavy (non-hydrogen) atoms. The lowest BCUT2D eigenvalue weighted by Gasteiger charge is -2.29. The van der Waals surface area contributed by atoms with Gasteiger partial charge in [0.1, 0.15) is 12.4 Å². The number of hydrogen-bond donors (Lipinski definition) is 0. The van der Waals surface area contributed by atoms with Gasteiger partial charge in [-0.15, -0.1) is 0 Å². The van der Waals surface area contributed by atoms with E-state index in [0.29, 0.717) is 27.0 Å².